The van der Waals surface area contributed by atoms with Crippen LogP contribution < -0.4 is 19.6 Å². The Kier molecular flexibility index (Phi) is 10.3. The van der Waals surface area contributed by atoms with E-state index >= 15 is 0 Å². The molecule has 0 radical (unpaired) electrons. The van der Waals surface area contributed by atoms with Crippen LogP contribution >= 0.6 is 0 Å². The highest BCUT2D eigenvalue weighted by molar-refractivity contribution is 5.91. The number of phenols is 3. The minimum Gasteiger partial charge on any atom is -0.504 e. The summed E-state index contributed by atoms with van der Waals surface area (Å²) in [6.45, 7) is 5.05. The molecule has 0 aliphatic carbocycles. The molecule has 50 heavy (non-hydrogen) atoms. The van der Waals surface area contributed by atoms with E-state index in [1.54, 1.807) is 0 Å². The second kappa shape index (κ2) is 14.2. The number of carbonyl (C=O) groups excluding carboxylic acids is 2. The minimum absolute atomic E-state index is 0.0494. The molecule has 5 rings (SSSR count). The van der Waals surface area contributed by atoms with Crippen LogP contribution in [-0.2, 0) is 28.5 Å². The lowest BCUT2D eigenvalue weighted by atomic mass is 9.99. The van der Waals surface area contributed by atoms with Crippen LogP contribution in [0.25, 0.3) is 22.3 Å². The van der Waals surface area contributed by atoms with E-state index in [-0.39, 0.29) is 16.9 Å². The molecule has 0 saturated carbocycles. The van der Waals surface area contributed by atoms with Gasteiger partial charge in [-0.1, -0.05) is 0 Å². The van der Waals surface area contributed by atoms with Crippen molar-refractivity contribution >= 4 is 22.9 Å². The van der Waals surface area contributed by atoms with Gasteiger partial charge >= 0.3 is 11.9 Å². The summed E-state index contributed by atoms with van der Waals surface area (Å²) in [6, 6.07) is 4.44. The van der Waals surface area contributed by atoms with Crippen molar-refractivity contribution in [1.82, 2.24) is 0 Å². The highest BCUT2D eigenvalue weighted by Gasteiger charge is 2.49. The fourth-order valence-corrected chi connectivity index (χ4v) is 5.64. The van der Waals surface area contributed by atoms with Gasteiger partial charge in [-0.15, -0.1) is 0 Å². The Morgan fingerprint density at radius 2 is 1.36 bits per heavy atom. The molecule has 2 aromatic carbocycles. The zero-order valence-corrected chi connectivity index (χ0v) is 27.2. The quantitative estimate of drug-likeness (QED) is 0.121. The van der Waals surface area contributed by atoms with E-state index in [1.165, 1.54) is 19.9 Å². The number of rotatable bonds is 8. The fourth-order valence-electron chi connectivity index (χ4n) is 5.64. The van der Waals surface area contributed by atoms with Gasteiger partial charge in [0.25, 0.3) is 0 Å². The number of aliphatic hydroxyl groups excluding tert-OH is 4. The number of hydrogen-bond donors (Lipinski definition) is 7. The van der Waals surface area contributed by atoms with E-state index in [2.05, 4.69) is 0 Å². The fraction of sp³-hybridized carbons (Fsp3) is 0.469. The second-order valence-electron chi connectivity index (χ2n) is 11.7. The zero-order valence-electron chi connectivity index (χ0n) is 27.2. The first-order valence-electron chi connectivity index (χ1n) is 15.2. The van der Waals surface area contributed by atoms with Gasteiger partial charge in [0, 0.05) is 25.5 Å². The number of fused-ring (bicyclic) bond motifs is 1. The lowest BCUT2D eigenvalue weighted by Crippen LogP contribution is -2.60. The van der Waals surface area contributed by atoms with Crippen molar-refractivity contribution in [3.05, 3.63) is 34.5 Å². The van der Waals surface area contributed by atoms with Crippen LogP contribution in [0, 0.1) is 0 Å². The molecule has 7 N–H and O–H groups in total. The van der Waals surface area contributed by atoms with Crippen molar-refractivity contribution in [2.45, 2.75) is 89.1 Å². The highest BCUT2D eigenvalue weighted by atomic mass is 16.7. The molecule has 10 unspecified atom stereocenters. The Balaban J connectivity index is 1.63. The average Bonchev–Trinajstić information content (AvgIpc) is 3.04. The number of carbonyl (C=O) groups is 2. The normalized spacial score (nSPS) is 29.6. The van der Waals surface area contributed by atoms with Crippen molar-refractivity contribution in [3.8, 4) is 45.8 Å². The second-order valence-corrected chi connectivity index (χ2v) is 11.7. The number of aliphatic hydroxyl groups is 4. The molecular weight excluding hydrogens is 672 g/mol. The minimum atomic E-state index is -1.86. The van der Waals surface area contributed by atoms with E-state index in [4.69, 9.17) is 37.6 Å². The lowest BCUT2D eigenvalue weighted by molar-refractivity contribution is -0.276. The molecule has 3 aromatic rings. The van der Waals surface area contributed by atoms with Crippen molar-refractivity contribution in [1.29, 1.82) is 0 Å². The number of ether oxygens (including phenoxy) is 7. The standard InChI is InChI=1S/C32H36O18/c1-10-20(37)23(40)24(41)31(44-10)50-29-22(39)19-17(48-27(29)14-6-7-15(35)16(36)8-14)9-18(28(43-5)21(19)38)49-32-25(42)30(47-13(4)34)26(11(2)45-32)46-12(3)33/h6-11,20,23-26,30-32,35-38,40-42H,1-5H3. The van der Waals surface area contributed by atoms with Gasteiger partial charge in [-0.25, -0.2) is 0 Å². The maximum absolute atomic E-state index is 14.1. The first-order valence-corrected chi connectivity index (χ1v) is 15.2. The number of methoxy groups -OCH3 is 1. The third kappa shape index (κ3) is 6.80. The van der Waals surface area contributed by atoms with E-state index < -0.39 is 119 Å². The summed E-state index contributed by atoms with van der Waals surface area (Å²) in [5.41, 5.74) is -1.49. The molecule has 0 amide bonds. The first kappa shape index (κ1) is 36.4. The number of phenolic OH excluding ortho intramolecular Hbond substituents is 3. The number of benzene rings is 2. The van der Waals surface area contributed by atoms with Gasteiger partial charge < -0.3 is 73.3 Å². The Morgan fingerprint density at radius 3 is 1.98 bits per heavy atom. The molecule has 2 aliphatic heterocycles. The zero-order chi connectivity index (χ0) is 36.8. The SMILES string of the molecule is COc1c(OC2OC(C)C(OC(C)=O)C(OC(C)=O)C2O)cc2oc(-c3ccc(O)c(O)c3)c(OC3OC(C)C(O)C(O)C3O)c(=O)c2c1O. The number of esters is 2. The molecule has 18 heteroatoms. The molecule has 0 bridgehead atoms. The van der Waals surface area contributed by atoms with Gasteiger partial charge in [0.05, 0.1) is 19.3 Å². The van der Waals surface area contributed by atoms with Gasteiger partial charge in [0.1, 0.15) is 29.3 Å². The van der Waals surface area contributed by atoms with E-state index in [0.717, 1.165) is 39.2 Å². The maximum Gasteiger partial charge on any atom is 0.303 e. The van der Waals surface area contributed by atoms with Gasteiger partial charge in [0.15, 0.2) is 47.1 Å². The largest absolute Gasteiger partial charge is 0.504 e. The van der Waals surface area contributed by atoms with Crippen molar-refractivity contribution < 1.29 is 82.9 Å². The molecule has 1 aromatic heterocycles. The summed E-state index contributed by atoms with van der Waals surface area (Å²) in [5.74, 6) is -5.44. The predicted molar refractivity (Wildman–Crippen MR) is 165 cm³/mol. The Labute approximate surface area is 282 Å². The van der Waals surface area contributed by atoms with E-state index in [9.17, 15) is 50.1 Å². The smallest absolute Gasteiger partial charge is 0.303 e. The van der Waals surface area contributed by atoms with E-state index in [1.807, 2.05) is 0 Å². The van der Waals surface area contributed by atoms with Gasteiger partial charge in [-0.05, 0) is 32.0 Å². The van der Waals surface area contributed by atoms with Crippen LogP contribution in [0.15, 0.2) is 33.5 Å². The molecule has 0 spiro atoms. The third-order valence-electron chi connectivity index (χ3n) is 8.12. The highest BCUT2D eigenvalue weighted by Crippen LogP contribution is 2.46. The summed E-state index contributed by atoms with van der Waals surface area (Å²) >= 11 is 0. The Bertz CT molecular complexity index is 1820. The van der Waals surface area contributed by atoms with Crippen molar-refractivity contribution in [2.24, 2.45) is 0 Å². The summed E-state index contributed by atoms with van der Waals surface area (Å²) in [5, 5.41) is 73.0. The van der Waals surface area contributed by atoms with Crippen LogP contribution in [0.2, 0.25) is 0 Å². The average molecular weight is 709 g/mol. The predicted octanol–water partition coefficient (Wildman–Crippen LogP) is 0.140. The number of hydrogen-bond acceptors (Lipinski definition) is 18. The van der Waals surface area contributed by atoms with Crippen LogP contribution in [0.1, 0.15) is 27.7 Å². The van der Waals surface area contributed by atoms with Crippen LogP contribution in [0.3, 0.4) is 0 Å². The topological polar surface area (TPSA) is 271 Å². The molecular formula is C32H36O18. The van der Waals surface area contributed by atoms with Gasteiger partial charge in [-0.2, -0.15) is 0 Å². The molecule has 3 heterocycles. The lowest BCUT2D eigenvalue weighted by Gasteiger charge is -2.42. The van der Waals surface area contributed by atoms with Crippen LogP contribution in [0.4, 0.5) is 0 Å². The maximum atomic E-state index is 14.1. The van der Waals surface area contributed by atoms with Gasteiger partial charge in [0.2, 0.25) is 29.5 Å². The van der Waals surface area contributed by atoms with Crippen LogP contribution in [-0.4, -0.2) is 116 Å². The molecule has 2 fully saturated rings. The van der Waals surface area contributed by atoms with Gasteiger partial charge in [-0.3, -0.25) is 14.4 Å². The summed E-state index contributed by atoms with van der Waals surface area (Å²) in [6.07, 6.45) is -15.0. The molecule has 2 aliphatic rings. The first-order chi connectivity index (χ1) is 23.5. The molecule has 272 valence electrons. The Morgan fingerprint density at radius 1 is 0.740 bits per heavy atom. The van der Waals surface area contributed by atoms with Crippen LogP contribution in [0.5, 0.6) is 34.5 Å². The summed E-state index contributed by atoms with van der Waals surface area (Å²) < 4.78 is 44.6. The third-order valence-corrected chi connectivity index (χ3v) is 8.12. The summed E-state index contributed by atoms with van der Waals surface area (Å²) in [7, 11) is 1.12. The monoisotopic (exact) mass is 708 g/mol. The Hall–Kier alpha value is -4.85. The van der Waals surface area contributed by atoms with E-state index in [0.29, 0.717) is 0 Å². The molecule has 2 saturated heterocycles. The van der Waals surface area contributed by atoms with Crippen molar-refractivity contribution in [2.75, 3.05) is 7.11 Å². The summed E-state index contributed by atoms with van der Waals surface area (Å²) in [4.78, 5) is 37.6. The number of aromatic hydroxyl groups is 3. The van der Waals surface area contributed by atoms with Crippen molar-refractivity contribution in [3.63, 3.8) is 0 Å². The molecule has 18 nitrogen and oxygen atoms in total. The molecule has 10 atom stereocenters.